The van der Waals surface area contributed by atoms with Crippen LogP contribution in [0.15, 0.2) is 24.5 Å². The summed E-state index contributed by atoms with van der Waals surface area (Å²) < 4.78 is 0. The molecule has 92 valence electrons. The molecule has 6 heteroatoms. The van der Waals surface area contributed by atoms with Crippen LogP contribution in [0.2, 0.25) is 0 Å². The molecule has 0 aliphatic rings. The highest BCUT2D eigenvalue weighted by atomic mass is 16.2. The highest BCUT2D eigenvalue weighted by molar-refractivity contribution is 5.89. The average Bonchev–Trinajstić information content (AvgIpc) is 2.28. The Morgan fingerprint density at radius 3 is 2.71 bits per heavy atom. The van der Waals surface area contributed by atoms with E-state index >= 15 is 0 Å². The van der Waals surface area contributed by atoms with Gasteiger partial charge in [-0.15, -0.1) is 0 Å². The average molecular weight is 236 g/mol. The van der Waals surface area contributed by atoms with Gasteiger partial charge in [0.05, 0.1) is 17.3 Å². The van der Waals surface area contributed by atoms with Crippen molar-refractivity contribution < 1.29 is 9.59 Å². The number of nitrogens with two attached hydrogens (primary N) is 1. The summed E-state index contributed by atoms with van der Waals surface area (Å²) in [6, 6.07) is 3.03. The molecule has 0 aliphatic heterocycles. The summed E-state index contributed by atoms with van der Waals surface area (Å²) in [5.41, 5.74) is 5.00. The molecule has 17 heavy (non-hydrogen) atoms. The van der Waals surface area contributed by atoms with Crippen molar-refractivity contribution in [2.45, 2.75) is 13.8 Å². The van der Waals surface area contributed by atoms with E-state index in [1.807, 2.05) is 0 Å². The first kappa shape index (κ1) is 13.0. The second kappa shape index (κ2) is 5.29. The molecule has 0 aliphatic carbocycles. The lowest BCUT2D eigenvalue weighted by Crippen LogP contribution is -2.43. The van der Waals surface area contributed by atoms with E-state index in [0.29, 0.717) is 5.69 Å². The maximum absolute atomic E-state index is 11.5. The lowest BCUT2D eigenvalue weighted by atomic mass is 9.93. The number of rotatable bonds is 4. The maximum Gasteiger partial charge on any atom is 0.319 e. The number of primary amides is 1. The molecule has 0 atom stereocenters. The van der Waals surface area contributed by atoms with Crippen LogP contribution in [-0.2, 0) is 4.79 Å². The van der Waals surface area contributed by atoms with E-state index in [1.165, 1.54) is 6.20 Å². The fourth-order valence-electron chi connectivity index (χ4n) is 1.00. The van der Waals surface area contributed by atoms with Crippen LogP contribution >= 0.6 is 0 Å². The van der Waals surface area contributed by atoms with E-state index in [1.54, 1.807) is 32.2 Å². The van der Waals surface area contributed by atoms with E-state index < -0.39 is 17.4 Å². The van der Waals surface area contributed by atoms with Gasteiger partial charge in [-0.05, 0) is 26.0 Å². The number of nitrogens with one attached hydrogen (secondary N) is 2. The normalized spacial score (nSPS) is 10.7. The molecule has 6 nitrogen and oxygen atoms in total. The monoisotopic (exact) mass is 236 g/mol. The third-order valence-electron chi connectivity index (χ3n) is 2.28. The lowest BCUT2D eigenvalue weighted by Gasteiger charge is -2.20. The summed E-state index contributed by atoms with van der Waals surface area (Å²) in [6.45, 7) is 3.51. The summed E-state index contributed by atoms with van der Waals surface area (Å²) in [7, 11) is 0. The number of hydrogen-bond donors (Lipinski definition) is 3. The summed E-state index contributed by atoms with van der Waals surface area (Å²) in [5, 5.41) is 5.16. The Bertz CT molecular complexity index is 403. The van der Waals surface area contributed by atoms with Crippen molar-refractivity contribution in [1.29, 1.82) is 0 Å². The number of hydrogen-bond acceptors (Lipinski definition) is 3. The molecule has 0 saturated carbocycles. The summed E-state index contributed by atoms with van der Waals surface area (Å²) in [5.74, 6) is -0.459. The minimum atomic E-state index is -0.772. The van der Waals surface area contributed by atoms with Crippen LogP contribution in [0.3, 0.4) is 0 Å². The summed E-state index contributed by atoms with van der Waals surface area (Å²) >= 11 is 0. The standard InChI is InChI=1S/C11H16N4O2/c1-11(2,9(12)16)7-14-10(17)15-8-4-3-5-13-6-8/h3-6H,7H2,1-2H3,(H2,12,16)(H2,14,15,17). The molecule has 1 heterocycles. The van der Waals surface area contributed by atoms with Gasteiger partial charge < -0.3 is 16.4 Å². The van der Waals surface area contributed by atoms with Gasteiger partial charge in [0.15, 0.2) is 0 Å². The van der Waals surface area contributed by atoms with E-state index in [2.05, 4.69) is 15.6 Å². The van der Waals surface area contributed by atoms with E-state index in [9.17, 15) is 9.59 Å². The fraction of sp³-hybridized carbons (Fsp3) is 0.364. The van der Waals surface area contributed by atoms with Gasteiger partial charge in [0.1, 0.15) is 0 Å². The fourth-order valence-corrected chi connectivity index (χ4v) is 1.00. The van der Waals surface area contributed by atoms with Gasteiger partial charge >= 0.3 is 6.03 Å². The Morgan fingerprint density at radius 2 is 2.18 bits per heavy atom. The van der Waals surface area contributed by atoms with Crippen molar-refractivity contribution in [2.75, 3.05) is 11.9 Å². The van der Waals surface area contributed by atoms with Gasteiger partial charge in [-0.1, -0.05) is 0 Å². The minimum Gasteiger partial charge on any atom is -0.369 e. The minimum absolute atomic E-state index is 0.175. The molecule has 0 fully saturated rings. The highest BCUT2D eigenvalue weighted by Crippen LogP contribution is 2.11. The van der Waals surface area contributed by atoms with Gasteiger partial charge in [-0.3, -0.25) is 9.78 Å². The van der Waals surface area contributed by atoms with Crippen LogP contribution in [-0.4, -0.2) is 23.5 Å². The maximum atomic E-state index is 11.5. The summed E-state index contributed by atoms with van der Waals surface area (Å²) in [6.07, 6.45) is 3.14. The number of urea groups is 1. The number of nitrogens with zero attached hydrogens (tertiary/aromatic N) is 1. The largest absolute Gasteiger partial charge is 0.369 e. The SMILES string of the molecule is CC(C)(CNC(=O)Nc1cccnc1)C(N)=O. The lowest BCUT2D eigenvalue weighted by molar-refractivity contribution is -0.125. The van der Waals surface area contributed by atoms with Crippen molar-refractivity contribution in [3.8, 4) is 0 Å². The van der Waals surface area contributed by atoms with Gasteiger partial charge in [0.25, 0.3) is 0 Å². The van der Waals surface area contributed by atoms with Crippen LogP contribution < -0.4 is 16.4 Å². The Morgan fingerprint density at radius 1 is 1.47 bits per heavy atom. The number of pyridine rings is 1. The van der Waals surface area contributed by atoms with Crippen LogP contribution in [0.25, 0.3) is 0 Å². The molecule has 1 rings (SSSR count). The quantitative estimate of drug-likeness (QED) is 0.718. The number of carbonyl (C=O) groups excluding carboxylic acids is 2. The predicted octanol–water partition coefficient (Wildman–Crippen LogP) is 0.715. The topological polar surface area (TPSA) is 97.1 Å². The number of amides is 3. The van der Waals surface area contributed by atoms with Crippen molar-refractivity contribution in [2.24, 2.45) is 11.1 Å². The Balaban J connectivity index is 2.44. The van der Waals surface area contributed by atoms with Gasteiger partial charge in [-0.25, -0.2) is 4.79 Å². The van der Waals surface area contributed by atoms with Crippen LogP contribution in [0.4, 0.5) is 10.5 Å². The van der Waals surface area contributed by atoms with Crippen molar-refractivity contribution in [3.05, 3.63) is 24.5 Å². The molecular weight excluding hydrogens is 220 g/mol. The second-order valence-electron chi connectivity index (χ2n) is 4.30. The third-order valence-corrected chi connectivity index (χ3v) is 2.28. The van der Waals surface area contributed by atoms with E-state index in [0.717, 1.165) is 0 Å². The molecule has 0 radical (unpaired) electrons. The number of anilines is 1. The van der Waals surface area contributed by atoms with Gasteiger partial charge in [-0.2, -0.15) is 0 Å². The van der Waals surface area contributed by atoms with Crippen molar-refractivity contribution in [3.63, 3.8) is 0 Å². The molecule has 3 amide bonds. The molecular formula is C11H16N4O2. The molecule has 1 aromatic rings. The Labute approximate surface area is 99.6 Å². The first-order valence-electron chi connectivity index (χ1n) is 5.16. The van der Waals surface area contributed by atoms with Crippen molar-refractivity contribution in [1.82, 2.24) is 10.3 Å². The van der Waals surface area contributed by atoms with Crippen LogP contribution in [0.1, 0.15) is 13.8 Å². The highest BCUT2D eigenvalue weighted by Gasteiger charge is 2.25. The molecule has 0 aromatic carbocycles. The second-order valence-corrected chi connectivity index (χ2v) is 4.30. The molecule has 0 saturated heterocycles. The zero-order chi connectivity index (χ0) is 12.9. The van der Waals surface area contributed by atoms with Gasteiger partial charge in [0.2, 0.25) is 5.91 Å². The molecule has 0 spiro atoms. The molecule has 1 aromatic heterocycles. The van der Waals surface area contributed by atoms with E-state index in [4.69, 9.17) is 5.73 Å². The first-order chi connectivity index (χ1) is 7.92. The predicted molar refractivity (Wildman–Crippen MR) is 64.2 cm³/mol. The smallest absolute Gasteiger partial charge is 0.319 e. The van der Waals surface area contributed by atoms with Gasteiger partial charge in [0, 0.05) is 12.7 Å². The molecule has 4 N–H and O–H groups in total. The summed E-state index contributed by atoms with van der Waals surface area (Å²) in [4.78, 5) is 26.4. The van der Waals surface area contributed by atoms with E-state index in [-0.39, 0.29) is 6.54 Å². The molecule has 0 bridgehead atoms. The zero-order valence-electron chi connectivity index (χ0n) is 9.86. The van der Waals surface area contributed by atoms with Crippen LogP contribution in [0.5, 0.6) is 0 Å². The number of aromatic nitrogens is 1. The zero-order valence-corrected chi connectivity index (χ0v) is 9.86. The Hall–Kier alpha value is -2.11. The number of carbonyl (C=O) groups is 2. The van der Waals surface area contributed by atoms with Crippen LogP contribution in [0, 0.1) is 5.41 Å². The third kappa shape index (κ3) is 4.10. The Kier molecular flexibility index (Phi) is 4.03. The molecule has 0 unspecified atom stereocenters. The van der Waals surface area contributed by atoms with Crippen molar-refractivity contribution >= 4 is 17.6 Å². The first-order valence-corrected chi connectivity index (χ1v) is 5.16.